The number of hydrogen-bond acceptors (Lipinski definition) is 13. The maximum atomic E-state index is 12.7. The van der Waals surface area contributed by atoms with Crippen molar-refractivity contribution < 1.29 is 53.1 Å². The first-order chi connectivity index (χ1) is 18.1. The summed E-state index contributed by atoms with van der Waals surface area (Å²) in [6.07, 6.45) is 0. The second-order valence-electron chi connectivity index (χ2n) is 7.58. The number of ether oxygens (including phenoxy) is 2. The van der Waals surface area contributed by atoms with Gasteiger partial charge in [0.2, 0.25) is 5.88 Å². The Morgan fingerprint density at radius 3 is 2.08 bits per heavy atom. The van der Waals surface area contributed by atoms with Crippen molar-refractivity contribution in [3.63, 3.8) is 0 Å². The first-order valence-corrected chi connectivity index (χ1v) is 14.9. The third-order valence-corrected chi connectivity index (χ3v) is 8.05. The van der Waals surface area contributed by atoms with Gasteiger partial charge in [0.25, 0.3) is 10.1 Å². The molecule has 39 heavy (non-hydrogen) atoms. The van der Waals surface area contributed by atoms with Gasteiger partial charge in [0.1, 0.15) is 22.1 Å². The van der Waals surface area contributed by atoms with Gasteiger partial charge in [0.05, 0.1) is 42.9 Å². The van der Waals surface area contributed by atoms with Crippen molar-refractivity contribution >= 4 is 41.7 Å². The molecular formula is C20H22N4O12S3. The fourth-order valence-corrected chi connectivity index (χ4v) is 5.34. The van der Waals surface area contributed by atoms with Crippen LogP contribution in [0, 0.1) is 6.92 Å². The largest absolute Gasteiger partial charge is 0.495 e. The van der Waals surface area contributed by atoms with Gasteiger partial charge in [-0.05, 0) is 31.2 Å². The maximum absolute atomic E-state index is 12.7. The summed E-state index contributed by atoms with van der Waals surface area (Å²) in [6.45, 7) is 0.661. The van der Waals surface area contributed by atoms with Crippen LogP contribution in [0.1, 0.15) is 5.69 Å². The Kier molecular flexibility index (Phi) is 8.63. The van der Waals surface area contributed by atoms with E-state index in [0.717, 1.165) is 22.9 Å². The number of nitrogens with zero attached hydrogens (tertiary/aromatic N) is 4. The van der Waals surface area contributed by atoms with Crippen molar-refractivity contribution in [2.24, 2.45) is 10.2 Å². The van der Waals surface area contributed by atoms with E-state index in [4.69, 9.17) is 18.6 Å². The van der Waals surface area contributed by atoms with E-state index in [2.05, 4.69) is 19.5 Å². The van der Waals surface area contributed by atoms with Crippen LogP contribution in [-0.2, 0) is 34.5 Å². The normalized spacial score (nSPS) is 12.6. The maximum Gasteiger partial charge on any atom is 0.397 e. The Bertz CT molecular complexity index is 1730. The van der Waals surface area contributed by atoms with E-state index in [1.165, 1.54) is 39.3 Å². The number of aromatic hydroxyl groups is 1. The van der Waals surface area contributed by atoms with E-state index in [1.807, 2.05) is 0 Å². The summed E-state index contributed by atoms with van der Waals surface area (Å²) in [7, 11) is -11.0. The highest BCUT2D eigenvalue weighted by Gasteiger charge is 2.24. The Hall–Kier alpha value is -3.62. The Morgan fingerprint density at radius 2 is 1.54 bits per heavy atom. The molecule has 3 N–H and O–H groups in total. The number of benzene rings is 2. The molecule has 0 aliphatic heterocycles. The van der Waals surface area contributed by atoms with Gasteiger partial charge in [0, 0.05) is 12.1 Å². The van der Waals surface area contributed by atoms with Crippen molar-refractivity contribution in [1.82, 2.24) is 9.78 Å². The highest BCUT2D eigenvalue weighted by atomic mass is 32.3. The molecule has 1 heterocycles. The molecule has 16 nitrogen and oxygen atoms in total. The SMILES string of the molecule is COc1cc(S(=O)(=O)CCOS(=O)(=O)O)c(OC)cc1/N=N/c1c(C)nn(-c2ccc(S(=O)(=O)O)cc2)c1O. The van der Waals surface area contributed by atoms with Crippen molar-refractivity contribution in [3.8, 4) is 23.1 Å². The number of aryl methyl sites for hydroxylation is 1. The van der Waals surface area contributed by atoms with Crippen molar-refractivity contribution in [2.45, 2.75) is 16.7 Å². The molecule has 0 amide bonds. The Labute approximate surface area is 223 Å². The summed E-state index contributed by atoms with van der Waals surface area (Å²) in [5.74, 6) is -1.53. The first-order valence-electron chi connectivity index (χ1n) is 10.5. The number of methoxy groups -OCH3 is 2. The minimum absolute atomic E-state index is 0.00783. The molecule has 0 fully saturated rings. The fraction of sp³-hybridized carbons (Fsp3) is 0.250. The van der Waals surface area contributed by atoms with Crippen LogP contribution in [-0.4, -0.2) is 75.8 Å². The van der Waals surface area contributed by atoms with Gasteiger partial charge in [0.15, 0.2) is 15.5 Å². The first kappa shape index (κ1) is 29.9. The average Bonchev–Trinajstić information content (AvgIpc) is 3.13. The molecule has 1 aromatic heterocycles. The number of hydrogen-bond donors (Lipinski definition) is 3. The van der Waals surface area contributed by atoms with Crippen LogP contribution in [0.25, 0.3) is 5.69 Å². The van der Waals surface area contributed by atoms with E-state index in [0.29, 0.717) is 0 Å². The van der Waals surface area contributed by atoms with Crippen molar-refractivity contribution in [1.29, 1.82) is 0 Å². The topological polar surface area (TPSA) is 233 Å². The zero-order valence-corrected chi connectivity index (χ0v) is 22.9. The Morgan fingerprint density at radius 1 is 0.923 bits per heavy atom. The van der Waals surface area contributed by atoms with Crippen LogP contribution in [0.3, 0.4) is 0 Å². The summed E-state index contributed by atoms with van der Waals surface area (Å²) >= 11 is 0. The molecule has 0 saturated carbocycles. The smallest absolute Gasteiger partial charge is 0.397 e. The lowest BCUT2D eigenvalue weighted by molar-refractivity contribution is 0.283. The van der Waals surface area contributed by atoms with Gasteiger partial charge in [-0.15, -0.1) is 10.2 Å². The lowest BCUT2D eigenvalue weighted by Gasteiger charge is -2.13. The van der Waals surface area contributed by atoms with Gasteiger partial charge < -0.3 is 14.6 Å². The molecule has 19 heteroatoms. The molecular weight excluding hydrogens is 584 g/mol. The second kappa shape index (κ2) is 11.2. The molecule has 2 aromatic carbocycles. The van der Waals surface area contributed by atoms with Crippen molar-refractivity contribution in [2.75, 3.05) is 26.6 Å². The summed E-state index contributed by atoms with van der Waals surface area (Å²) in [6, 6.07) is 7.08. The predicted molar refractivity (Wildman–Crippen MR) is 133 cm³/mol. The highest BCUT2D eigenvalue weighted by molar-refractivity contribution is 7.91. The molecule has 0 aliphatic carbocycles. The third-order valence-electron chi connectivity index (χ3n) is 5.03. The van der Waals surface area contributed by atoms with Crippen molar-refractivity contribution in [3.05, 3.63) is 42.1 Å². The zero-order chi connectivity index (χ0) is 29.2. The molecule has 0 saturated heterocycles. The lowest BCUT2D eigenvalue weighted by atomic mass is 10.3. The minimum atomic E-state index is -4.84. The van der Waals surface area contributed by atoms with Gasteiger partial charge in [-0.1, -0.05) is 0 Å². The summed E-state index contributed by atoms with van der Waals surface area (Å²) in [4.78, 5) is -0.730. The number of sulfone groups is 1. The van der Waals surface area contributed by atoms with Gasteiger partial charge >= 0.3 is 10.4 Å². The number of aromatic nitrogens is 2. The molecule has 3 rings (SSSR count). The molecule has 212 valence electrons. The fourth-order valence-electron chi connectivity index (χ4n) is 3.20. The third kappa shape index (κ3) is 7.07. The zero-order valence-electron chi connectivity index (χ0n) is 20.4. The summed E-state index contributed by atoms with van der Waals surface area (Å²) in [5, 5.41) is 22.8. The molecule has 0 atom stereocenters. The monoisotopic (exact) mass is 606 g/mol. The predicted octanol–water partition coefficient (Wildman–Crippen LogP) is 2.16. The minimum Gasteiger partial charge on any atom is -0.495 e. The van der Waals surface area contributed by atoms with Crippen LogP contribution in [0.2, 0.25) is 0 Å². The Balaban J connectivity index is 1.96. The second-order valence-corrected chi connectivity index (χ2v) is 12.2. The van der Waals surface area contributed by atoms with E-state index >= 15 is 0 Å². The van der Waals surface area contributed by atoms with Gasteiger partial charge in [-0.2, -0.15) is 26.6 Å². The van der Waals surface area contributed by atoms with Crippen LogP contribution >= 0.6 is 0 Å². The van der Waals surface area contributed by atoms with Crippen LogP contribution in [0.15, 0.2) is 56.4 Å². The van der Waals surface area contributed by atoms with E-state index < -0.39 is 48.6 Å². The molecule has 0 unspecified atom stereocenters. The highest BCUT2D eigenvalue weighted by Crippen LogP contribution is 2.40. The quantitative estimate of drug-likeness (QED) is 0.210. The van der Waals surface area contributed by atoms with Gasteiger partial charge in [-0.25, -0.2) is 12.6 Å². The molecule has 0 bridgehead atoms. The van der Waals surface area contributed by atoms with Crippen LogP contribution in [0.4, 0.5) is 11.4 Å². The lowest BCUT2D eigenvalue weighted by Crippen LogP contribution is -2.16. The molecule has 0 radical (unpaired) electrons. The average molecular weight is 607 g/mol. The van der Waals surface area contributed by atoms with Crippen LogP contribution < -0.4 is 9.47 Å². The van der Waals surface area contributed by atoms with E-state index in [9.17, 15) is 30.4 Å². The summed E-state index contributed by atoms with van der Waals surface area (Å²) < 4.78 is 103. The molecule has 3 aromatic rings. The molecule has 0 spiro atoms. The standard InChI is InChI=1S/C20H22N4O12S3/c1-12-19(20(25)24(23-12)13-4-6-14(7-5-13)38(28,29)30)22-21-15-10-17(35-3)18(11-16(15)34-2)37(26,27)9-8-36-39(31,32)33/h4-7,10-11,25H,8-9H2,1-3H3,(H,28,29,30)(H,31,32,33)/b22-21+. The van der Waals surface area contributed by atoms with E-state index in [-0.39, 0.29) is 44.0 Å². The number of rotatable bonds is 11. The van der Waals surface area contributed by atoms with E-state index in [1.54, 1.807) is 0 Å². The van der Waals surface area contributed by atoms with Crippen LogP contribution in [0.5, 0.6) is 17.4 Å². The summed E-state index contributed by atoms with van der Waals surface area (Å²) in [5.41, 5.74) is 0.385. The van der Waals surface area contributed by atoms with Gasteiger partial charge in [-0.3, -0.25) is 9.11 Å². The number of azo groups is 1. The molecule has 0 aliphatic rings.